The van der Waals surface area contributed by atoms with E-state index in [0.717, 1.165) is 7.11 Å². The number of ether oxygens (including phenoxy) is 1. The molecule has 0 amide bonds. The van der Waals surface area contributed by atoms with Crippen molar-refractivity contribution in [1.82, 2.24) is 0 Å². The highest BCUT2D eigenvalue weighted by atomic mass is 19.4. The van der Waals surface area contributed by atoms with Crippen molar-refractivity contribution in [1.29, 1.82) is 0 Å². The van der Waals surface area contributed by atoms with Gasteiger partial charge in [-0.2, -0.15) is 13.2 Å². The fourth-order valence-electron chi connectivity index (χ4n) is 2.48. The molecule has 6 heteroatoms. The number of hydrogen-bond acceptors (Lipinski definition) is 2. The zero-order valence-corrected chi connectivity index (χ0v) is 9.72. The molecule has 0 saturated heterocycles. The average Bonchev–Trinajstić information content (AvgIpc) is 2.25. The van der Waals surface area contributed by atoms with Crippen LogP contribution in [0, 0.1) is 5.92 Å². The summed E-state index contributed by atoms with van der Waals surface area (Å²) >= 11 is 0. The molecule has 0 spiro atoms. The molecule has 0 aromatic heterocycles. The summed E-state index contributed by atoms with van der Waals surface area (Å²) in [5.41, 5.74) is -2.07. The van der Waals surface area contributed by atoms with E-state index in [9.17, 15) is 18.0 Å². The van der Waals surface area contributed by atoms with Crippen LogP contribution < -0.4 is 0 Å². The first-order valence-electron chi connectivity index (χ1n) is 5.64. The number of hydrogen-bond donors (Lipinski definition) is 1. The second-order valence-electron chi connectivity index (χ2n) is 4.59. The molecule has 2 atom stereocenters. The molecule has 1 N–H and O–H groups in total. The largest absolute Gasteiger partial charge is 0.481 e. The van der Waals surface area contributed by atoms with Crippen LogP contribution in [0.4, 0.5) is 13.2 Å². The van der Waals surface area contributed by atoms with Gasteiger partial charge >= 0.3 is 12.1 Å². The van der Waals surface area contributed by atoms with Crippen LogP contribution in [0.3, 0.4) is 0 Å². The van der Waals surface area contributed by atoms with Crippen LogP contribution in [0.1, 0.15) is 38.5 Å². The van der Waals surface area contributed by atoms with Crippen LogP contribution >= 0.6 is 0 Å². The first-order valence-corrected chi connectivity index (χ1v) is 5.64. The van der Waals surface area contributed by atoms with Crippen molar-refractivity contribution < 1.29 is 27.8 Å². The van der Waals surface area contributed by atoms with Gasteiger partial charge in [-0.1, -0.05) is 6.42 Å². The van der Waals surface area contributed by atoms with Gasteiger partial charge in [0, 0.05) is 13.5 Å². The Bertz CT molecular complexity index is 278. The Balaban J connectivity index is 2.66. The van der Waals surface area contributed by atoms with Gasteiger partial charge in [0.25, 0.3) is 0 Å². The number of methoxy groups -OCH3 is 1. The third-order valence-electron chi connectivity index (χ3n) is 3.49. The monoisotopic (exact) mass is 254 g/mol. The van der Waals surface area contributed by atoms with Crippen LogP contribution in [0.5, 0.6) is 0 Å². The van der Waals surface area contributed by atoms with Crippen LogP contribution in [-0.2, 0) is 9.53 Å². The summed E-state index contributed by atoms with van der Waals surface area (Å²) < 4.78 is 43.5. The van der Waals surface area contributed by atoms with Crippen molar-refractivity contribution in [3.63, 3.8) is 0 Å². The van der Waals surface area contributed by atoms with E-state index in [2.05, 4.69) is 0 Å². The van der Waals surface area contributed by atoms with E-state index in [1.165, 1.54) is 0 Å². The Labute approximate surface area is 97.9 Å². The molecule has 17 heavy (non-hydrogen) atoms. The molecular weight excluding hydrogens is 237 g/mol. The highest BCUT2D eigenvalue weighted by Gasteiger charge is 2.56. The van der Waals surface area contributed by atoms with Crippen molar-refractivity contribution in [2.75, 3.05) is 7.11 Å². The summed E-state index contributed by atoms with van der Waals surface area (Å²) in [6.45, 7) is 0. The van der Waals surface area contributed by atoms with Crippen LogP contribution in [0.25, 0.3) is 0 Å². The molecule has 1 saturated carbocycles. The Morgan fingerprint density at radius 1 is 1.53 bits per heavy atom. The van der Waals surface area contributed by atoms with Crippen molar-refractivity contribution in [2.24, 2.45) is 5.92 Å². The number of rotatable bonds is 4. The molecular formula is C11H17F3O3. The van der Waals surface area contributed by atoms with Gasteiger partial charge in [0.15, 0.2) is 5.60 Å². The molecule has 0 aromatic rings. The fraction of sp³-hybridized carbons (Fsp3) is 0.909. The number of carboxylic acid groups (broad SMARTS) is 1. The second-order valence-corrected chi connectivity index (χ2v) is 4.59. The van der Waals surface area contributed by atoms with Crippen molar-refractivity contribution in [2.45, 2.75) is 50.3 Å². The standard InChI is InChI=1S/C11H17F3O3/c1-17-10(11(12,13)14)6-2-3-8(7-10)4-5-9(15)16/h8H,2-7H2,1H3,(H,15,16). The van der Waals surface area contributed by atoms with Gasteiger partial charge in [-0.05, 0) is 31.6 Å². The molecule has 2 unspecified atom stereocenters. The second kappa shape index (κ2) is 5.25. The third-order valence-corrected chi connectivity index (χ3v) is 3.49. The van der Waals surface area contributed by atoms with Gasteiger partial charge in [-0.25, -0.2) is 0 Å². The molecule has 0 aromatic carbocycles. The van der Waals surface area contributed by atoms with Gasteiger partial charge in [-0.15, -0.1) is 0 Å². The number of carboxylic acids is 1. The quantitative estimate of drug-likeness (QED) is 0.838. The van der Waals surface area contributed by atoms with Gasteiger partial charge in [-0.3, -0.25) is 4.79 Å². The van der Waals surface area contributed by atoms with Gasteiger partial charge in [0.2, 0.25) is 0 Å². The third kappa shape index (κ3) is 3.34. The van der Waals surface area contributed by atoms with E-state index < -0.39 is 17.7 Å². The molecule has 0 radical (unpaired) electrons. The minimum Gasteiger partial charge on any atom is -0.481 e. The Morgan fingerprint density at radius 3 is 2.65 bits per heavy atom. The summed E-state index contributed by atoms with van der Waals surface area (Å²) in [7, 11) is 1.08. The SMILES string of the molecule is COC1(C(F)(F)F)CCCC(CCC(=O)O)C1. The van der Waals surface area contributed by atoms with Crippen molar-refractivity contribution in [3.05, 3.63) is 0 Å². The lowest BCUT2D eigenvalue weighted by atomic mass is 9.75. The molecule has 1 aliphatic rings. The minimum atomic E-state index is -4.39. The lowest BCUT2D eigenvalue weighted by Gasteiger charge is -2.40. The van der Waals surface area contributed by atoms with Gasteiger partial charge in [0.05, 0.1) is 0 Å². The Hall–Kier alpha value is -0.780. The lowest BCUT2D eigenvalue weighted by molar-refractivity contribution is -0.284. The Morgan fingerprint density at radius 2 is 2.18 bits per heavy atom. The van der Waals surface area contributed by atoms with Gasteiger partial charge < -0.3 is 9.84 Å². The van der Waals surface area contributed by atoms with E-state index >= 15 is 0 Å². The summed E-state index contributed by atoms with van der Waals surface area (Å²) in [4.78, 5) is 10.4. The van der Waals surface area contributed by atoms with Crippen LogP contribution in [0.15, 0.2) is 0 Å². The molecule has 1 aliphatic carbocycles. The predicted octanol–water partition coefficient (Wildman–Crippen LogP) is 2.99. The van der Waals surface area contributed by atoms with Crippen molar-refractivity contribution >= 4 is 5.97 Å². The molecule has 0 aliphatic heterocycles. The zero-order chi connectivity index (χ0) is 13.1. The Kier molecular flexibility index (Phi) is 4.41. The van der Waals surface area contributed by atoms with E-state index in [-0.39, 0.29) is 31.6 Å². The van der Waals surface area contributed by atoms with Crippen LogP contribution in [-0.4, -0.2) is 30.0 Å². The molecule has 0 bridgehead atoms. The zero-order valence-electron chi connectivity index (χ0n) is 9.72. The highest BCUT2D eigenvalue weighted by Crippen LogP contribution is 2.46. The van der Waals surface area contributed by atoms with Crippen LogP contribution in [0.2, 0.25) is 0 Å². The molecule has 1 rings (SSSR count). The smallest absolute Gasteiger partial charge is 0.417 e. The first kappa shape index (κ1) is 14.3. The molecule has 3 nitrogen and oxygen atoms in total. The summed E-state index contributed by atoms with van der Waals surface area (Å²) in [6.07, 6.45) is -3.26. The predicted molar refractivity (Wildman–Crippen MR) is 54.6 cm³/mol. The number of alkyl halides is 3. The van der Waals surface area contributed by atoms with E-state index in [4.69, 9.17) is 9.84 Å². The molecule has 1 fully saturated rings. The maximum absolute atomic E-state index is 12.9. The normalized spacial score (nSPS) is 30.2. The molecule has 0 heterocycles. The highest BCUT2D eigenvalue weighted by molar-refractivity contribution is 5.66. The number of aliphatic carboxylic acids is 1. The molecule has 100 valence electrons. The maximum Gasteiger partial charge on any atom is 0.417 e. The van der Waals surface area contributed by atoms with E-state index in [1.807, 2.05) is 0 Å². The van der Waals surface area contributed by atoms with E-state index in [0.29, 0.717) is 12.8 Å². The van der Waals surface area contributed by atoms with Crippen molar-refractivity contribution in [3.8, 4) is 0 Å². The first-order chi connectivity index (χ1) is 7.81. The lowest BCUT2D eigenvalue weighted by Crippen LogP contribution is -2.50. The summed E-state index contributed by atoms with van der Waals surface area (Å²) in [6, 6.07) is 0. The average molecular weight is 254 g/mol. The maximum atomic E-state index is 12.9. The topological polar surface area (TPSA) is 46.5 Å². The summed E-state index contributed by atoms with van der Waals surface area (Å²) in [5.74, 6) is -1.19. The minimum absolute atomic E-state index is 0.0312. The van der Waals surface area contributed by atoms with Gasteiger partial charge in [0.1, 0.15) is 0 Å². The summed E-state index contributed by atoms with van der Waals surface area (Å²) in [5, 5.41) is 8.54. The fourth-order valence-corrected chi connectivity index (χ4v) is 2.48. The number of carbonyl (C=O) groups is 1. The van der Waals surface area contributed by atoms with E-state index in [1.54, 1.807) is 0 Å². The number of halogens is 3.